The predicted octanol–water partition coefficient (Wildman–Crippen LogP) is 1.28. The monoisotopic (exact) mass is 171 g/mol. The lowest BCUT2D eigenvalue weighted by Crippen LogP contribution is -2.27. The second kappa shape index (κ2) is 4.45. The molecule has 1 saturated carbocycles. The molecule has 0 heterocycles. The van der Waals surface area contributed by atoms with E-state index in [1.165, 1.54) is 12.6 Å². The minimum Gasteiger partial charge on any atom is -0.624 e. The van der Waals surface area contributed by atoms with Crippen molar-refractivity contribution >= 4 is 6.21 Å². The second-order valence-electron chi connectivity index (χ2n) is 3.54. The molecule has 70 valence electrons. The fourth-order valence-corrected chi connectivity index (χ4v) is 1.67. The molecule has 1 rings (SSSR count). The predicted molar refractivity (Wildman–Crippen MR) is 48.2 cm³/mol. The molecule has 1 N–H and O–H groups in total. The van der Waals surface area contributed by atoms with Gasteiger partial charge < -0.3 is 10.3 Å². The van der Waals surface area contributed by atoms with E-state index in [2.05, 4.69) is 0 Å². The summed E-state index contributed by atoms with van der Waals surface area (Å²) in [6, 6.07) is 0.119. The van der Waals surface area contributed by atoms with Gasteiger partial charge in [-0.05, 0) is 19.8 Å². The van der Waals surface area contributed by atoms with Gasteiger partial charge in [-0.25, -0.2) is 4.74 Å². The molecule has 1 aliphatic carbocycles. The molecule has 0 radical (unpaired) electrons. The minimum absolute atomic E-state index is 0.119. The Labute approximate surface area is 73.3 Å². The SMILES string of the molecule is CC(O)/C=[N+](/[O-])C1CCCCC1. The fourth-order valence-electron chi connectivity index (χ4n) is 1.67. The molecule has 0 bridgehead atoms. The molecular formula is C9H17NO2. The molecule has 1 unspecified atom stereocenters. The van der Waals surface area contributed by atoms with E-state index in [0.29, 0.717) is 0 Å². The molecule has 0 spiro atoms. The van der Waals surface area contributed by atoms with Crippen LogP contribution in [0.25, 0.3) is 0 Å². The fraction of sp³-hybridized carbons (Fsp3) is 0.889. The molecule has 0 aromatic rings. The Morgan fingerprint density at radius 1 is 1.42 bits per heavy atom. The highest BCUT2D eigenvalue weighted by Crippen LogP contribution is 2.19. The summed E-state index contributed by atoms with van der Waals surface area (Å²) in [5.74, 6) is 0. The van der Waals surface area contributed by atoms with E-state index in [4.69, 9.17) is 5.11 Å². The third-order valence-corrected chi connectivity index (χ3v) is 2.30. The van der Waals surface area contributed by atoms with Crippen molar-refractivity contribution in [3.05, 3.63) is 5.21 Å². The maximum Gasteiger partial charge on any atom is 0.179 e. The Morgan fingerprint density at radius 3 is 2.50 bits per heavy atom. The summed E-state index contributed by atoms with van der Waals surface area (Å²) in [5.41, 5.74) is 0. The van der Waals surface area contributed by atoms with Crippen LogP contribution in [0.2, 0.25) is 0 Å². The lowest BCUT2D eigenvalue weighted by atomic mass is 9.96. The first-order valence-corrected chi connectivity index (χ1v) is 4.68. The van der Waals surface area contributed by atoms with E-state index in [-0.39, 0.29) is 6.04 Å². The number of nitrogens with zero attached hydrogens (tertiary/aromatic N) is 1. The van der Waals surface area contributed by atoms with Crippen LogP contribution in [-0.4, -0.2) is 28.2 Å². The van der Waals surface area contributed by atoms with Gasteiger partial charge in [-0.3, -0.25) is 0 Å². The highest BCUT2D eigenvalue weighted by Gasteiger charge is 2.19. The van der Waals surface area contributed by atoms with Crippen molar-refractivity contribution in [1.29, 1.82) is 0 Å². The summed E-state index contributed by atoms with van der Waals surface area (Å²) < 4.78 is 0.934. The molecule has 1 aliphatic rings. The highest BCUT2D eigenvalue weighted by molar-refractivity contribution is 5.56. The Bertz CT molecular complexity index is 160. The second-order valence-corrected chi connectivity index (χ2v) is 3.54. The molecule has 0 aromatic carbocycles. The first-order valence-electron chi connectivity index (χ1n) is 4.68. The van der Waals surface area contributed by atoms with Gasteiger partial charge in [-0.1, -0.05) is 6.42 Å². The van der Waals surface area contributed by atoms with Crippen molar-refractivity contribution in [2.45, 2.75) is 51.2 Å². The zero-order chi connectivity index (χ0) is 8.97. The van der Waals surface area contributed by atoms with E-state index < -0.39 is 6.10 Å². The summed E-state index contributed by atoms with van der Waals surface area (Å²) in [6.45, 7) is 1.60. The molecule has 0 aromatic heterocycles. The first-order chi connectivity index (χ1) is 5.70. The van der Waals surface area contributed by atoms with Crippen molar-refractivity contribution in [3.8, 4) is 0 Å². The van der Waals surface area contributed by atoms with Gasteiger partial charge in [0, 0.05) is 12.8 Å². The molecule has 3 nitrogen and oxygen atoms in total. The lowest BCUT2D eigenvalue weighted by molar-refractivity contribution is -0.503. The van der Waals surface area contributed by atoms with Gasteiger partial charge in [0.15, 0.2) is 12.3 Å². The van der Waals surface area contributed by atoms with Crippen molar-refractivity contribution in [2.75, 3.05) is 0 Å². The third kappa shape index (κ3) is 2.81. The van der Waals surface area contributed by atoms with Gasteiger partial charge in [-0.15, -0.1) is 0 Å². The molecule has 0 amide bonds. The lowest BCUT2D eigenvalue weighted by Gasteiger charge is -2.21. The number of hydrogen-bond donors (Lipinski definition) is 1. The van der Waals surface area contributed by atoms with E-state index in [9.17, 15) is 5.21 Å². The maximum absolute atomic E-state index is 11.3. The summed E-state index contributed by atoms with van der Waals surface area (Å²) in [6.07, 6.45) is 6.24. The minimum atomic E-state index is -0.621. The van der Waals surface area contributed by atoms with Crippen LogP contribution in [0.15, 0.2) is 0 Å². The summed E-state index contributed by atoms with van der Waals surface area (Å²) >= 11 is 0. The number of aliphatic hydroxyl groups excluding tert-OH is 1. The Kier molecular flexibility index (Phi) is 3.53. The largest absolute Gasteiger partial charge is 0.624 e. The van der Waals surface area contributed by atoms with Gasteiger partial charge in [0.1, 0.15) is 6.10 Å². The average Bonchev–Trinajstić information content (AvgIpc) is 2.05. The number of rotatable bonds is 2. The molecule has 0 aliphatic heterocycles. The summed E-state index contributed by atoms with van der Waals surface area (Å²) in [5, 5.41) is 20.3. The summed E-state index contributed by atoms with van der Waals surface area (Å²) in [4.78, 5) is 0. The van der Waals surface area contributed by atoms with Crippen molar-refractivity contribution in [3.63, 3.8) is 0 Å². The topological polar surface area (TPSA) is 46.3 Å². The Morgan fingerprint density at radius 2 is 2.00 bits per heavy atom. The van der Waals surface area contributed by atoms with Crippen molar-refractivity contribution in [1.82, 2.24) is 0 Å². The van der Waals surface area contributed by atoms with Crippen LogP contribution in [0.4, 0.5) is 0 Å². The van der Waals surface area contributed by atoms with Crippen LogP contribution in [-0.2, 0) is 0 Å². The highest BCUT2D eigenvalue weighted by atomic mass is 16.5. The molecular weight excluding hydrogens is 154 g/mol. The van der Waals surface area contributed by atoms with E-state index in [1.54, 1.807) is 6.92 Å². The zero-order valence-corrected chi connectivity index (χ0v) is 7.57. The van der Waals surface area contributed by atoms with Crippen LogP contribution in [0.5, 0.6) is 0 Å². The third-order valence-electron chi connectivity index (χ3n) is 2.30. The Hall–Kier alpha value is -0.570. The smallest absolute Gasteiger partial charge is 0.179 e. The van der Waals surface area contributed by atoms with Crippen LogP contribution in [0.3, 0.4) is 0 Å². The molecule has 1 atom stereocenters. The average molecular weight is 171 g/mol. The normalized spacial score (nSPS) is 24.0. The number of aliphatic hydroxyl groups is 1. The Balaban J connectivity index is 2.44. The van der Waals surface area contributed by atoms with E-state index in [1.807, 2.05) is 0 Å². The summed E-state index contributed by atoms with van der Waals surface area (Å²) in [7, 11) is 0. The van der Waals surface area contributed by atoms with Gasteiger partial charge in [0.25, 0.3) is 0 Å². The van der Waals surface area contributed by atoms with E-state index >= 15 is 0 Å². The van der Waals surface area contributed by atoms with Gasteiger partial charge in [0.2, 0.25) is 0 Å². The molecule has 1 fully saturated rings. The quantitative estimate of drug-likeness (QED) is 0.294. The standard InChI is InChI=1S/C9H17NO2/c1-8(11)7-10(12)9-5-3-2-4-6-9/h7-9,11H,2-6H2,1H3/b10-7+. The van der Waals surface area contributed by atoms with Crippen molar-refractivity contribution in [2.24, 2.45) is 0 Å². The van der Waals surface area contributed by atoms with Crippen LogP contribution in [0, 0.1) is 5.21 Å². The van der Waals surface area contributed by atoms with Gasteiger partial charge >= 0.3 is 0 Å². The molecule has 12 heavy (non-hydrogen) atoms. The number of hydrogen-bond acceptors (Lipinski definition) is 2. The van der Waals surface area contributed by atoms with Gasteiger partial charge in [0.05, 0.1) is 0 Å². The van der Waals surface area contributed by atoms with Crippen LogP contribution < -0.4 is 0 Å². The molecule has 3 heteroatoms. The first kappa shape index (κ1) is 9.52. The van der Waals surface area contributed by atoms with Gasteiger partial charge in [-0.2, -0.15) is 0 Å². The van der Waals surface area contributed by atoms with E-state index in [0.717, 1.165) is 30.4 Å². The van der Waals surface area contributed by atoms with Crippen LogP contribution in [0.1, 0.15) is 39.0 Å². The maximum atomic E-state index is 11.3. The van der Waals surface area contributed by atoms with Crippen molar-refractivity contribution < 1.29 is 9.85 Å². The molecule has 0 saturated heterocycles. The van der Waals surface area contributed by atoms with Crippen LogP contribution >= 0.6 is 0 Å². The zero-order valence-electron chi connectivity index (χ0n) is 7.57. The number of hydroxylamine groups is 1.